The SMILES string of the molecule is CCC(C)n1ccc(NCc2cnn(CC(F)(F)F)c2)n1. The van der Waals surface area contributed by atoms with Gasteiger partial charge in [-0.3, -0.25) is 9.36 Å². The first-order valence-corrected chi connectivity index (χ1v) is 6.74. The summed E-state index contributed by atoms with van der Waals surface area (Å²) in [6.45, 7) is 3.46. The van der Waals surface area contributed by atoms with E-state index in [0.29, 0.717) is 24.0 Å². The number of aromatic nitrogens is 4. The molecule has 1 atom stereocenters. The van der Waals surface area contributed by atoms with Crippen molar-refractivity contribution in [2.45, 2.75) is 45.6 Å². The molecule has 0 saturated carbocycles. The first kappa shape index (κ1) is 15.4. The molecule has 5 nitrogen and oxygen atoms in total. The maximum atomic E-state index is 12.2. The van der Waals surface area contributed by atoms with E-state index >= 15 is 0 Å². The Kier molecular flexibility index (Phi) is 4.54. The summed E-state index contributed by atoms with van der Waals surface area (Å²) in [5, 5.41) is 11.1. The number of halogens is 3. The van der Waals surface area contributed by atoms with E-state index in [1.54, 1.807) is 0 Å². The number of anilines is 1. The molecule has 1 N–H and O–H groups in total. The van der Waals surface area contributed by atoms with E-state index in [2.05, 4.69) is 29.4 Å². The highest BCUT2D eigenvalue weighted by atomic mass is 19.4. The fraction of sp³-hybridized carbons (Fsp3) is 0.538. The van der Waals surface area contributed by atoms with E-state index in [0.717, 1.165) is 11.1 Å². The van der Waals surface area contributed by atoms with Crippen LogP contribution < -0.4 is 5.32 Å². The van der Waals surface area contributed by atoms with E-state index in [-0.39, 0.29) is 0 Å². The van der Waals surface area contributed by atoms with Gasteiger partial charge >= 0.3 is 6.18 Å². The first-order valence-electron chi connectivity index (χ1n) is 6.74. The van der Waals surface area contributed by atoms with E-state index in [1.807, 2.05) is 16.9 Å². The monoisotopic (exact) mass is 301 g/mol. The van der Waals surface area contributed by atoms with Crippen molar-refractivity contribution < 1.29 is 13.2 Å². The third-order valence-corrected chi connectivity index (χ3v) is 3.15. The number of rotatable bonds is 6. The molecule has 0 aliphatic rings. The number of hydrogen-bond acceptors (Lipinski definition) is 3. The Morgan fingerprint density at radius 3 is 2.81 bits per heavy atom. The predicted octanol–water partition coefficient (Wildman–Crippen LogP) is 3.23. The Labute approximate surface area is 120 Å². The lowest BCUT2D eigenvalue weighted by molar-refractivity contribution is -0.142. The zero-order chi connectivity index (χ0) is 15.5. The fourth-order valence-corrected chi connectivity index (χ4v) is 1.83. The van der Waals surface area contributed by atoms with Crippen molar-refractivity contribution in [3.63, 3.8) is 0 Å². The molecule has 0 aromatic carbocycles. The summed E-state index contributed by atoms with van der Waals surface area (Å²) in [6.07, 6.45) is 1.40. The normalized spacial score (nSPS) is 13.4. The second-order valence-electron chi connectivity index (χ2n) is 4.95. The average molecular weight is 301 g/mol. The summed E-state index contributed by atoms with van der Waals surface area (Å²) in [4.78, 5) is 0. The Morgan fingerprint density at radius 2 is 2.14 bits per heavy atom. The zero-order valence-corrected chi connectivity index (χ0v) is 11.9. The highest BCUT2D eigenvalue weighted by molar-refractivity contribution is 5.33. The minimum atomic E-state index is -4.26. The second-order valence-corrected chi connectivity index (χ2v) is 4.95. The van der Waals surface area contributed by atoms with Crippen molar-refractivity contribution in [2.75, 3.05) is 5.32 Å². The molecule has 0 saturated heterocycles. The van der Waals surface area contributed by atoms with Crippen molar-refractivity contribution in [1.82, 2.24) is 19.6 Å². The van der Waals surface area contributed by atoms with Crippen molar-refractivity contribution >= 4 is 5.82 Å². The summed E-state index contributed by atoms with van der Waals surface area (Å²) < 4.78 is 39.4. The van der Waals surface area contributed by atoms with Crippen LogP contribution in [0.1, 0.15) is 31.9 Å². The maximum Gasteiger partial charge on any atom is 0.408 e. The van der Waals surface area contributed by atoms with Gasteiger partial charge < -0.3 is 5.32 Å². The molecule has 2 aromatic heterocycles. The van der Waals surface area contributed by atoms with Gasteiger partial charge in [0.25, 0.3) is 0 Å². The van der Waals surface area contributed by atoms with Crippen LogP contribution in [0.25, 0.3) is 0 Å². The summed E-state index contributed by atoms with van der Waals surface area (Å²) >= 11 is 0. The summed E-state index contributed by atoms with van der Waals surface area (Å²) in [7, 11) is 0. The van der Waals surface area contributed by atoms with Crippen LogP contribution in [0.5, 0.6) is 0 Å². The topological polar surface area (TPSA) is 47.7 Å². The van der Waals surface area contributed by atoms with Gasteiger partial charge in [0.05, 0.1) is 6.20 Å². The van der Waals surface area contributed by atoms with Crippen LogP contribution in [-0.2, 0) is 13.1 Å². The van der Waals surface area contributed by atoms with Crippen molar-refractivity contribution in [2.24, 2.45) is 0 Å². The fourth-order valence-electron chi connectivity index (χ4n) is 1.83. The van der Waals surface area contributed by atoms with E-state index in [1.165, 1.54) is 12.4 Å². The summed E-state index contributed by atoms with van der Waals surface area (Å²) in [5.74, 6) is 0.693. The molecule has 0 amide bonds. The predicted molar refractivity (Wildman–Crippen MR) is 72.8 cm³/mol. The Balaban J connectivity index is 1.90. The van der Waals surface area contributed by atoms with Crippen LogP contribution in [0.3, 0.4) is 0 Å². The number of hydrogen-bond donors (Lipinski definition) is 1. The average Bonchev–Trinajstić information content (AvgIpc) is 3.02. The quantitative estimate of drug-likeness (QED) is 0.891. The lowest BCUT2D eigenvalue weighted by Crippen LogP contribution is -2.17. The first-order chi connectivity index (χ1) is 9.87. The summed E-state index contributed by atoms with van der Waals surface area (Å²) in [6, 6.07) is 2.15. The van der Waals surface area contributed by atoms with Crippen LogP contribution in [0.4, 0.5) is 19.0 Å². The van der Waals surface area contributed by atoms with Crippen LogP contribution in [0.15, 0.2) is 24.7 Å². The van der Waals surface area contributed by atoms with Gasteiger partial charge in [0, 0.05) is 36.6 Å². The molecule has 1 unspecified atom stereocenters. The number of nitrogens with zero attached hydrogens (tertiary/aromatic N) is 4. The molecule has 0 bridgehead atoms. The molecule has 2 aromatic rings. The molecule has 0 aliphatic carbocycles. The molecule has 21 heavy (non-hydrogen) atoms. The molecular weight excluding hydrogens is 283 g/mol. The Hall–Kier alpha value is -1.99. The molecule has 2 rings (SSSR count). The zero-order valence-electron chi connectivity index (χ0n) is 11.9. The van der Waals surface area contributed by atoms with Gasteiger partial charge in [-0.05, 0) is 13.3 Å². The lowest BCUT2D eigenvalue weighted by atomic mass is 10.3. The van der Waals surface area contributed by atoms with Crippen molar-refractivity contribution in [3.05, 3.63) is 30.2 Å². The van der Waals surface area contributed by atoms with Gasteiger partial charge in [0.2, 0.25) is 0 Å². The second kappa shape index (κ2) is 6.19. The van der Waals surface area contributed by atoms with Gasteiger partial charge in [-0.1, -0.05) is 6.92 Å². The largest absolute Gasteiger partial charge is 0.408 e. The van der Waals surface area contributed by atoms with Crippen LogP contribution in [-0.4, -0.2) is 25.7 Å². The molecule has 0 spiro atoms. The highest BCUT2D eigenvalue weighted by Gasteiger charge is 2.28. The van der Waals surface area contributed by atoms with E-state index < -0.39 is 12.7 Å². The third kappa shape index (κ3) is 4.51. The molecular formula is C13H18F3N5. The summed E-state index contributed by atoms with van der Waals surface area (Å²) in [5.41, 5.74) is 0.678. The lowest BCUT2D eigenvalue weighted by Gasteiger charge is -2.08. The molecule has 0 aliphatic heterocycles. The van der Waals surface area contributed by atoms with Crippen LogP contribution in [0, 0.1) is 0 Å². The standard InChI is InChI=1S/C13H18F3N5/c1-3-10(2)21-5-4-12(19-21)17-6-11-7-18-20(8-11)9-13(14,15)16/h4-5,7-8,10H,3,6,9H2,1-2H3,(H,17,19). The molecule has 2 heterocycles. The van der Waals surface area contributed by atoms with Gasteiger partial charge in [0.1, 0.15) is 12.4 Å². The third-order valence-electron chi connectivity index (χ3n) is 3.15. The minimum absolute atomic E-state index is 0.315. The minimum Gasteiger partial charge on any atom is -0.364 e. The Morgan fingerprint density at radius 1 is 1.38 bits per heavy atom. The molecule has 0 fully saturated rings. The van der Waals surface area contributed by atoms with Gasteiger partial charge in [-0.15, -0.1) is 0 Å². The van der Waals surface area contributed by atoms with Gasteiger partial charge in [0.15, 0.2) is 0 Å². The van der Waals surface area contributed by atoms with Gasteiger partial charge in [-0.25, -0.2) is 0 Å². The van der Waals surface area contributed by atoms with Crippen LogP contribution in [0.2, 0.25) is 0 Å². The van der Waals surface area contributed by atoms with Gasteiger partial charge in [-0.2, -0.15) is 23.4 Å². The molecule has 8 heteroatoms. The number of nitrogens with one attached hydrogen (secondary N) is 1. The van der Waals surface area contributed by atoms with Crippen molar-refractivity contribution in [1.29, 1.82) is 0 Å². The Bertz CT molecular complexity index is 572. The smallest absolute Gasteiger partial charge is 0.364 e. The maximum absolute atomic E-state index is 12.2. The highest BCUT2D eigenvalue weighted by Crippen LogP contribution is 2.17. The van der Waals surface area contributed by atoms with E-state index in [9.17, 15) is 13.2 Å². The van der Waals surface area contributed by atoms with Crippen LogP contribution >= 0.6 is 0 Å². The van der Waals surface area contributed by atoms with E-state index in [4.69, 9.17) is 0 Å². The molecule has 0 radical (unpaired) electrons. The molecule has 116 valence electrons. The van der Waals surface area contributed by atoms with Crippen molar-refractivity contribution in [3.8, 4) is 0 Å². The number of alkyl halides is 3.